The predicted octanol–water partition coefficient (Wildman–Crippen LogP) is 17.3. The van der Waals surface area contributed by atoms with Gasteiger partial charge in [0.1, 0.15) is 0 Å². The lowest BCUT2D eigenvalue weighted by Gasteiger charge is -2.35. The molecule has 2 aliphatic rings. The third-order valence-electron chi connectivity index (χ3n) is 14.9. The Balaban J connectivity index is 1.17. The molecule has 0 fully saturated rings. The number of hydrogen-bond acceptors (Lipinski definition) is 2. The fourth-order valence-corrected chi connectivity index (χ4v) is 13.6. The van der Waals surface area contributed by atoms with Crippen LogP contribution in [0.5, 0.6) is 0 Å². The van der Waals surface area contributed by atoms with Gasteiger partial charge in [-0.3, -0.25) is 0 Å². The Kier molecular flexibility index (Phi) is 7.92. The highest BCUT2D eigenvalue weighted by atomic mass is 32.1. The van der Waals surface area contributed by atoms with E-state index in [4.69, 9.17) is 0 Å². The first-order valence-corrected chi connectivity index (χ1v) is 23.5. The second-order valence-electron chi connectivity index (χ2n) is 19.5. The normalized spacial score (nSPS) is 15.5. The van der Waals surface area contributed by atoms with Crippen molar-refractivity contribution in [3.05, 3.63) is 234 Å². The Labute approximate surface area is 378 Å². The molecule has 0 radical (unpaired) electrons. The zero-order valence-electron chi connectivity index (χ0n) is 36.6. The molecule has 2 aliphatic carbocycles. The summed E-state index contributed by atoms with van der Waals surface area (Å²) in [6, 6.07) is 76.0. The Bertz CT molecular complexity index is 3630. The molecule has 306 valence electrons. The maximum Gasteiger partial charge on any atom is 0.0714 e. The number of anilines is 3. The number of nitrogens with zero attached hydrogens (tertiary/aromatic N) is 1. The van der Waals surface area contributed by atoms with Gasteiger partial charge in [-0.2, -0.15) is 0 Å². The first-order valence-electron chi connectivity index (χ1n) is 22.7. The van der Waals surface area contributed by atoms with Gasteiger partial charge in [0.15, 0.2) is 0 Å². The van der Waals surface area contributed by atoms with Crippen molar-refractivity contribution in [1.82, 2.24) is 0 Å². The lowest BCUT2D eigenvalue weighted by molar-refractivity contribution is 0.403. The third kappa shape index (κ3) is 5.18. The fraction of sp³-hybridized carbons (Fsp3) is 0.129. The average molecular weight is 838 g/mol. The topological polar surface area (TPSA) is 3.24 Å². The van der Waals surface area contributed by atoms with E-state index in [0.717, 1.165) is 17.8 Å². The highest BCUT2D eigenvalue weighted by molar-refractivity contribution is 7.25. The van der Waals surface area contributed by atoms with Crippen molar-refractivity contribution in [3.63, 3.8) is 0 Å². The molecule has 13 rings (SSSR count). The van der Waals surface area contributed by atoms with Crippen LogP contribution in [0.1, 0.15) is 67.5 Å². The highest BCUT2D eigenvalue weighted by Crippen LogP contribution is 2.63. The summed E-state index contributed by atoms with van der Waals surface area (Å²) in [5, 5.41) is 10.3. The second kappa shape index (κ2) is 13.5. The van der Waals surface area contributed by atoms with Crippen LogP contribution in [0, 0.1) is 0 Å². The SMILES string of the molecule is CC1(C)CC(C)(C)c2cc3c(cc21)-c1c(N(c2ccc4sc5ccccc5c4c2)c2ccc4c5ccccc5c5ccccc5c4c2)cccc1C3(c1ccccc1)c1ccccc1. The van der Waals surface area contributed by atoms with Crippen LogP contribution >= 0.6 is 11.3 Å². The van der Waals surface area contributed by atoms with Crippen LogP contribution in [0.2, 0.25) is 0 Å². The summed E-state index contributed by atoms with van der Waals surface area (Å²) in [7, 11) is 0. The van der Waals surface area contributed by atoms with Crippen LogP contribution in [-0.4, -0.2) is 0 Å². The molecule has 1 aromatic heterocycles. The average Bonchev–Trinajstić information content (AvgIpc) is 3.91. The van der Waals surface area contributed by atoms with Crippen LogP contribution in [0.25, 0.3) is 63.6 Å². The van der Waals surface area contributed by atoms with E-state index >= 15 is 0 Å². The Hall–Kier alpha value is -7.00. The molecule has 0 aliphatic heterocycles. The molecule has 64 heavy (non-hydrogen) atoms. The van der Waals surface area contributed by atoms with E-state index in [1.165, 1.54) is 103 Å². The van der Waals surface area contributed by atoms with Crippen LogP contribution < -0.4 is 4.90 Å². The molecular formula is C62H47NS. The number of hydrogen-bond donors (Lipinski definition) is 0. The molecule has 0 atom stereocenters. The summed E-state index contributed by atoms with van der Waals surface area (Å²) in [6.45, 7) is 9.80. The summed E-state index contributed by atoms with van der Waals surface area (Å²) in [6.07, 6.45) is 1.11. The van der Waals surface area contributed by atoms with Crippen molar-refractivity contribution in [2.24, 2.45) is 0 Å². The molecule has 1 nitrogen and oxygen atoms in total. The maximum atomic E-state index is 2.63. The van der Waals surface area contributed by atoms with Crippen LogP contribution in [0.3, 0.4) is 0 Å². The van der Waals surface area contributed by atoms with Crippen LogP contribution in [0.15, 0.2) is 200 Å². The van der Waals surface area contributed by atoms with E-state index in [1.807, 2.05) is 11.3 Å². The van der Waals surface area contributed by atoms with Crippen molar-refractivity contribution in [3.8, 4) is 11.1 Å². The largest absolute Gasteiger partial charge is 0.310 e. The fourth-order valence-electron chi connectivity index (χ4n) is 12.5. The van der Waals surface area contributed by atoms with Gasteiger partial charge in [0, 0.05) is 37.1 Å². The molecule has 0 amide bonds. The van der Waals surface area contributed by atoms with Gasteiger partial charge in [0.05, 0.1) is 11.1 Å². The van der Waals surface area contributed by atoms with E-state index in [2.05, 4.69) is 233 Å². The monoisotopic (exact) mass is 837 g/mol. The van der Waals surface area contributed by atoms with E-state index in [-0.39, 0.29) is 10.8 Å². The van der Waals surface area contributed by atoms with Crippen molar-refractivity contribution < 1.29 is 0 Å². The molecule has 0 bridgehead atoms. The number of rotatable bonds is 5. The van der Waals surface area contributed by atoms with Gasteiger partial charge in [0.25, 0.3) is 0 Å². The summed E-state index contributed by atoms with van der Waals surface area (Å²) in [5.41, 5.74) is 13.8. The molecule has 0 saturated carbocycles. The maximum absolute atomic E-state index is 2.63. The number of fused-ring (bicyclic) bond motifs is 13. The molecule has 1 heterocycles. The highest BCUT2D eigenvalue weighted by Gasteiger charge is 2.51. The van der Waals surface area contributed by atoms with Crippen molar-refractivity contribution in [1.29, 1.82) is 0 Å². The Morgan fingerprint density at radius 2 is 0.875 bits per heavy atom. The summed E-state index contributed by atoms with van der Waals surface area (Å²) in [4.78, 5) is 2.58. The molecule has 2 heteroatoms. The molecule has 0 N–H and O–H groups in total. The minimum atomic E-state index is -0.543. The zero-order chi connectivity index (χ0) is 43.0. The van der Waals surface area contributed by atoms with Gasteiger partial charge < -0.3 is 4.90 Å². The third-order valence-corrected chi connectivity index (χ3v) is 16.0. The second-order valence-corrected chi connectivity index (χ2v) is 20.6. The Morgan fingerprint density at radius 3 is 1.52 bits per heavy atom. The number of benzene rings is 10. The van der Waals surface area contributed by atoms with Gasteiger partial charge in [-0.05, 0) is 137 Å². The van der Waals surface area contributed by atoms with Gasteiger partial charge in [-0.15, -0.1) is 11.3 Å². The van der Waals surface area contributed by atoms with Crippen molar-refractivity contribution >= 4 is 80.9 Å². The zero-order valence-corrected chi connectivity index (χ0v) is 37.4. The molecule has 0 saturated heterocycles. The number of thiophene rings is 1. The lowest BCUT2D eigenvalue weighted by atomic mass is 9.67. The summed E-state index contributed by atoms with van der Waals surface area (Å²) < 4.78 is 2.62. The minimum absolute atomic E-state index is 0.0284. The van der Waals surface area contributed by atoms with E-state index < -0.39 is 5.41 Å². The smallest absolute Gasteiger partial charge is 0.0714 e. The molecular weight excluding hydrogens is 791 g/mol. The first kappa shape index (κ1) is 37.5. The predicted molar refractivity (Wildman–Crippen MR) is 275 cm³/mol. The molecule has 11 aromatic rings. The quantitative estimate of drug-likeness (QED) is 0.156. The Morgan fingerprint density at radius 1 is 0.375 bits per heavy atom. The molecule has 0 spiro atoms. The summed E-state index contributed by atoms with van der Waals surface area (Å²) in [5.74, 6) is 0. The van der Waals surface area contributed by atoms with E-state index in [1.54, 1.807) is 0 Å². The van der Waals surface area contributed by atoms with E-state index in [0.29, 0.717) is 0 Å². The van der Waals surface area contributed by atoms with Crippen molar-refractivity contribution in [2.45, 2.75) is 50.4 Å². The minimum Gasteiger partial charge on any atom is -0.310 e. The lowest BCUT2D eigenvalue weighted by Crippen LogP contribution is -2.29. The molecule has 0 unspecified atom stereocenters. The van der Waals surface area contributed by atoms with Crippen LogP contribution in [0.4, 0.5) is 17.1 Å². The van der Waals surface area contributed by atoms with Crippen LogP contribution in [-0.2, 0) is 16.2 Å². The summed E-state index contributed by atoms with van der Waals surface area (Å²) >= 11 is 1.88. The van der Waals surface area contributed by atoms with Gasteiger partial charge in [-0.25, -0.2) is 0 Å². The van der Waals surface area contributed by atoms with Gasteiger partial charge in [-0.1, -0.05) is 179 Å². The van der Waals surface area contributed by atoms with E-state index in [9.17, 15) is 0 Å². The van der Waals surface area contributed by atoms with Gasteiger partial charge in [0.2, 0.25) is 0 Å². The standard InChI is InChI=1S/C62H47NS/c1-60(2)38-61(3,4)55-37-53-51(36-54(55)60)59-52(62(53,39-18-7-5-8-19-39)40-20-9-6-10-21-40)27-17-28-56(59)63(42-31-33-58-50(35-42)48-26-15-16-29-57(48)64-58)41-30-32-47-45-24-12-11-22-43(45)44-23-13-14-25-46(44)49(47)34-41/h5-37H,38H2,1-4H3. The van der Waals surface area contributed by atoms with Gasteiger partial charge >= 0.3 is 0 Å². The molecule has 10 aromatic carbocycles. The first-order chi connectivity index (χ1) is 31.2. The van der Waals surface area contributed by atoms with Crippen molar-refractivity contribution in [2.75, 3.05) is 4.90 Å².